The van der Waals surface area contributed by atoms with Gasteiger partial charge in [0, 0.05) is 18.7 Å². The van der Waals surface area contributed by atoms with E-state index in [4.69, 9.17) is 5.73 Å². The number of hydrogen-bond donors (Lipinski definition) is 2. The van der Waals surface area contributed by atoms with E-state index >= 15 is 0 Å². The van der Waals surface area contributed by atoms with Crippen molar-refractivity contribution in [1.29, 1.82) is 0 Å². The van der Waals surface area contributed by atoms with Crippen molar-refractivity contribution in [2.24, 2.45) is 11.7 Å². The summed E-state index contributed by atoms with van der Waals surface area (Å²) in [4.78, 5) is 28.2. The smallest absolute Gasteiger partial charge is 0.270 e. The van der Waals surface area contributed by atoms with Gasteiger partial charge in [-0.15, -0.1) is 0 Å². The molecule has 1 saturated carbocycles. The Balaban J connectivity index is 2.22. The molecule has 1 aliphatic carbocycles. The number of hydrogen-bond acceptors (Lipinski definition) is 3. The fraction of sp³-hybridized carbons (Fsp3) is 0.571. The Bertz CT molecular complexity index is 497. The van der Waals surface area contributed by atoms with E-state index in [2.05, 4.69) is 4.98 Å². The summed E-state index contributed by atoms with van der Waals surface area (Å²) in [6.45, 7) is 3.21. The average Bonchev–Trinajstić information content (AvgIpc) is 2.88. The molecule has 3 N–H and O–H groups in total. The molecule has 0 bridgehead atoms. The number of carbonyl (C=O) groups is 1. The van der Waals surface area contributed by atoms with E-state index in [0.717, 1.165) is 19.3 Å². The van der Waals surface area contributed by atoms with Gasteiger partial charge in [-0.05, 0) is 38.3 Å². The van der Waals surface area contributed by atoms with E-state index in [1.165, 1.54) is 6.07 Å². The zero-order valence-corrected chi connectivity index (χ0v) is 11.3. The van der Waals surface area contributed by atoms with E-state index in [1.54, 1.807) is 12.1 Å². The van der Waals surface area contributed by atoms with Gasteiger partial charge in [-0.1, -0.05) is 12.5 Å². The minimum atomic E-state index is -0.247. The van der Waals surface area contributed by atoms with E-state index < -0.39 is 0 Å². The number of nitrogens with one attached hydrogen (secondary N) is 1. The van der Waals surface area contributed by atoms with Gasteiger partial charge >= 0.3 is 0 Å². The number of nitrogens with two attached hydrogens (primary N) is 1. The molecule has 0 aliphatic heterocycles. The maximum Gasteiger partial charge on any atom is 0.270 e. The Labute approximate surface area is 112 Å². The lowest BCUT2D eigenvalue weighted by molar-refractivity contribution is 0.0645. The van der Waals surface area contributed by atoms with Crippen LogP contribution in [0, 0.1) is 5.92 Å². The predicted molar refractivity (Wildman–Crippen MR) is 74.0 cm³/mol. The first-order valence-electron chi connectivity index (χ1n) is 6.87. The molecule has 5 heteroatoms. The number of amides is 1. The SMILES string of the molecule is CCN(C(=O)c1cccc(=O)[nH]1)C1CCCC1CN. The molecule has 1 aromatic heterocycles. The molecule has 0 radical (unpaired) electrons. The van der Waals surface area contributed by atoms with Crippen molar-refractivity contribution in [2.75, 3.05) is 13.1 Å². The van der Waals surface area contributed by atoms with Crippen molar-refractivity contribution in [2.45, 2.75) is 32.2 Å². The summed E-state index contributed by atoms with van der Waals surface area (Å²) in [5, 5.41) is 0. The Morgan fingerprint density at radius 1 is 1.47 bits per heavy atom. The average molecular weight is 263 g/mol. The third-order valence-electron chi connectivity index (χ3n) is 3.92. The highest BCUT2D eigenvalue weighted by Gasteiger charge is 2.33. The molecule has 2 unspecified atom stereocenters. The molecule has 2 atom stereocenters. The minimum absolute atomic E-state index is 0.106. The van der Waals surface area contributed by atoms with Gasteiger partial charge in [0.15, 0.2) is 0 Å². The van der Waals surface area contributed by atoms with Gasteiger partial charge in [0.1, 0.15) is 5.69 Å². The summed E-state index contributed by atoms with van der Waals surface area (Å²) in [5.41, 5.74) is 5.90. The van der Waals surface area contributed by atoms with Crippen molar-refractivity contribution in [3.63, 3.8) is 0 Å². The second-order valence-electron chi connectivity index (χ2n) is 5.01. The van der Waals surface area contributed by atoms with Crippen LogP contribution in [0.2, 0.25) is 0 Å². The van der Waals surface area contributed by atoms with Crippen LogP contribution in [0.1, 0.15) is 36.7 Å². The van der Waals surface area contributed by atoms with Gasteiger partial charge in [-0.3, -0.25) is 9.59 Å². The number of rotatable bonds is 4. The highest BCUT2D eigenvalue weighted by atomic mass is 16.2. The number of pyridine rings is 1. The molecular formula is C14H21N3O2. The molecule has 1 aromatic rings. The number of aromatic amines is 1. The second kappa shape index (κ2) is 6.02. The molecule has 1 fully saturated rings. The molecule has 2 rings (SSSR count). The highest BCUT2D eigenvalue weighted by Crippen LogP contribution is 2.29. The monoisotopic (exact) mass is 263 g/mol. The van der Waals surface area contributed by atoms with Crippen LogP contribution >= 0.6 is 0 Å². The maximum absolute atomic E-state index is 12.5. The Kier molecular flexibility index (Phi) is 4.37. The van der Waals surface area contributed by atoms with Crippen LogP contribution in [0.5, 0.6) is 0 Å². The van der Waals surface area contributed by atoms with Crippen molar-refractivity contribution in [1.82, 2.24) is 9.88 Å². The first-order valence-corrected chi connectivity index (χ1v) is 6.87. The number of nitrogens with zero attached hydrogens (tertiary/aromatic N) is 1. The van der Waals surface area contributed by atoms with Crippen LogP contribution < -0.4 is 11.3 Å². The zero-order chi connectivity index (χ0) is 13.8. The van der Waals surface area contributed by atoms with Crippen LogP contribution in [-0.2, 0) is 0 Å². The lowest BCUT2D eigenvalue weighted by atomic mass is 10.0. The molecule has 0 saturated heterocycles. The number of carbonyl (C=O) groups excluding carboxylic acids is 1. The van der Waals surface area contributed by atoms with Crippen LogP contribution in [0.4, 0.5) is 0 Å². The van der Waals surface area contributed by atoms with Crippen LogP contribution in [-0.4, -0.2) is 34.9 Å². The minimum Gasteiger partial charge on any atom is -0.334 e. The van der Waals surface area contributed by atoms with Gasteiger partial charge in [-0.2, -0.15) is 0 Å². The zero-order valence-electron chi connectivity index (χ0n) is 11.3. The van der Waals surface area contributed by atoms with E-state index in [9.17, 15) is 9.59 Å². The summed E-state index contributed by atoms with van der Waals surface area (Å²) in [5.74, 6) is 0.268. The summed E-state index contributed by atoms with van der Waals surface area (Å²) in [6.07, 6.45) is 3.19. The van der Waals surface area contributed by atoms with Crippen molar-refractivity contribution in [3.05, 3.63) is 34.2 Å². The normalized spacial score (nSPS) is 22.4. The lowest BCUT2D eigenvalue weighted by Crippen LogP contribution is -2.44. The van der Waals surface area contributed by atoms with Crippen molar-refractivity contribution < 1.29 is 4.79 Å². The van der Waals surface area contributed by atoms with Gasteiger partial charge in [0.25, 0.3) is 5.91 Å². The first kappa shape index (κ1) is 13.8. The lowest BCUT2D eigenvalue weighted by Gasteiger charge is -2.31. The molecule has 1 aliphatic rings. The van der Waals surface area contributed by atoms with Crippen LogP contribution in [0.15, 0.2) is 23.0 Å². The number of H-pyrrole nitrogens is 1. The fourth-order valence-corrected chi connectivity index (χ4v) is 2.96. The van der Waals surface area contributed by atoms with Gasteiger partial charge in [-0.25, -0.2) is 0 Å². The second-order valence-corrected chi connectivity index (χ2v) is 5.01. The van der Waals surface area contributed by atoms with Crippen molar-refractivity contribution in [3.8, 4) is 0 Å². The largest absolute Gasteiger partial charge is 0.334 e. The summed E-state index contributed by atoms with van der Waals surface area (Å²) in [7, 11) is 0. The standard InChI is InChI=1S/C14H21N3O2/c1-2-17(12-7-3-5-10(12)9-15)14(19)11-6-4-8-13(18)16-11/h4,6,8,10,12H,2-3,5,7,9,15H2,1H3,(H,16,18). The molecule has 1 amide bonds. The summed E-state index contributed by atoms with van der Waals surface area (Å²) in [6, 6.07) is 4.87. The molecule has 1 heterocycles. The van der Waals surface area contributed by atoms with Crippen LogP contribution in [0.3, 0.4) is 0 Å². The van der Waals surface area contributed by atoms with Gasteiger partial charge in [0.2, 0.25) is 5.56 Å². The Morgan fingerprint density at radius 3 is 2.89 bits per heavy atom. The summed E-state index contributed by atoms with van der Waals surface area (Å²) < 4.78 is 0. The van der Waals surface area contributed by atoms with Gasteiger partial charge in [0.05, 0.1) is 0 Å². The topological polar surface area (TPSA) is 79.2 Å². The Morgan fingerprint density at radius 2 is 2.26 bits per heavy atom. The summed E-state index contributed by atoms with van der Waals surface area (Å²) >= 11 is 0. The van der Waals surface area contributed by atoms with Gasteiger partial charge < -0.3 is 15.6 Å². The maximum atomic E-state index is 12.5. The molecule has 19 heavy (non-hydrogen) atoms. The van der Waals surface area contributed by atoms with E-state index in [0.29, 0.717) is 24.7 Å². The highest BCUT2D eigenvalue weighted by molar-refractivity contribution is 5.92. The number of aromatic nitrogens is 1. The third kappa shape index (κ3) is 2.87. The molecule has 0 spiro atoms. The first-order chi connectivity index (χ1) is 9.17. The predicted octanol–water partition coefficient (Wildman–Crippen LogP) is 0.964. The molecule has 5 nitrogen and oxygen atoms in total. The van der Waals surface area contributed by atoms with Crippen LogP contribution in [0.25, 0.3) is 0 Å². The molecular weight excluding hydrogens is 242 g/mol. The Hall–Kier alpha value is -1.62. The third-order valence-corrected chi connectivity index (χ3v) is 3.92. The fourth-order valence-electron chi connectivity index (χ4n) is 2.96. The molecule has 0 aromatic carbocycles. The quantitative estimate of drug-likeness (QED) is 0.849. The van der Waals surface area contributed by atoms with E-state index in [-0.39, 0.29) is 17.5 Å². The van der Waals surface area contributed by atoms with E-state index in [1.807, 2.05) is 11.8 Å². The molecule has 104 valence electrons. The van der Waals surface area contributed by atoms with Crippen molar-refractivity contribution >= 4 is 5.91 Å².